The fraction of sp³-hybridized carbons (Fsp3) is 0.278. The Morgan fingerprint density at radius 3 is 2.46 bits per heavy atom. The summed E-state index contributed by atoms with van der Waals surface area (Å²) in [6.45, 7) is 1.97. The van der Waals surface area contributed by atoms with E-state index in [0.29, 0.717) is 5.69 Å². The summed E-state index contributed by atoms with van der Waals surface area (Å²) in [7, 11) is -3.36. The Labute approximate surface area is 158 Å². The Morgan fingerprint density at radius 2 is 1.88 bits per heavy atom. The number of sulfone groups is 1. The van der Waals surface area contributed by atoms with Crippen molar-refractivity contribution >= 4 is 38.5 Å². The zero-order chi connectivity index (χ0) is 18.9. The second kappa shape index (κ2) is 7.22. The topological polar surface area (TPSA) is 89.9 Å². The van der Waals surface area contributed by atoms with Crippen molar-refractivity contribution in [3.8, 4) is 5.75 Å². The molecule has 2 aromatic rings. The summed E-state index contributed by atoms with van der Waals surface area (Å²) in [5, 5.41) is 23.4. The van der Waals surface area contributed by atoms with E-state index in [2.05, 4.69) is 5.32 Å². The van der Waals surface area contributed by atoms with Crippen LogP contribution in [0.25, 0.3) is 0 Å². The zero-order valence-electron chi connectivity index (χ0n) is 14.2. The smallest absolute Gasteiger partial charge is 0.178 e. The molecule has 1 saturated heterocycles. The standard InChI is InChI=1S/C18H20N2O4S2/c1-12-5-7-13(8-6-12)19-18(25)20(14-3-2-4-15(21)9-14)16-10-26(23,24)11-17(16)22/h2-9,16-17,21-22H,10-11H2,1H3,(H,19,25)/t16-,17+/m0/s1. The van der Waals surface area contributed by atoms with Crippen LogP contribution in [0.1, 0.15) is 5.56 Å². The minimum Gasteiger partial charge on any atom is -0.508 e. The van der Waals surface area contributed by atoms with Crippen LogP contribution in [0.5, 0.6) is 5.75 Å². The number of aromatic hydroxyl groups is 1. The van der Waals surface area contributed by atoms with Gasteiger partial charge >= 0.3 is 0 Å². The van der Waals surface area contributed by atoms with Crippen LogP contribution in [0.2, 0.25) is 0 Å². The Hall–Kier alpha value is -2.16. The van der Waals surface area contributed by atoms with Crippen molar-refractivity contribution in [3.05, 3.63) is 54.1 Å². The first-order chi connectivity index (χ1) is 12.2. The molecule has 0 bridgehead atoms. The van der Waals surface area contributed by atoms with E-state index in [4.69, 9.17) is 12.2 Å². The summed E-state index contributed by atoms with van der Waals surface area (Å²) in [5.41, 5.74) is 2.36. The molecule has 8 heteroatoms. The van der Waals surface area contributed by atoms with Crippen LogP contribution in [0.15, 0.2) is 48.5 Å². The number of hydrogen-bond donors (Lipinski definition) is 3. The van der Waals surface area contributed by atoms with Gasteiger partial charge < -0.3 is 20.4 Å². The van der Waals surface area contributed by atoms with Gasteiger partial charge in [-0.15, -0.1) is 0 Å². The summed E-state index contributed by atoms with van der Waals surface area (Å²) in [6.07, 6.45) is -1.07. The van der Waals surface area contributed by atoms with Crippen LogP contribution in [0.4, 0.5) is 11.4 Å². The van der Waals surface area contributed by atoms with Crippen LogP contribution < -0.4 is 10.2 Å². The van der Waals surface area contributed by atoms with E-state index in [1.165, 1.54) is 12.1 Å². The summed E-state index contributed by atoms with van der Waals surface area (Å²) in [4.78, 5) is 1.56. The maximum Gasteiger partial charge on any atom is 0.178 e. The van der Waals surface area contributed by atoms with Crippen molar-refractivity contribution in [2.45, 2.75) is 19.1 Å². The molecule has 26 heavy (non-hydrogen) atoms. The first-order valence-corrected chi connectivity index (χ1v) is 10.3. The molecular formula is C18H20N2O4S2. The average molecular weight is 393 g/mol. The van der Waals surface area contributed by atoms with Gasteiger partial charge in [0.1, 0.15) is 5.75 Å². The summed E-state index contributed by atoms with van der Waals surface area (Å²) in [5.74, 6) is -0.486. The molecule has 0 aliphatic carbocycles. The number of nitrogens with one attached hydrogen (secondary N) is 1. The van der Waals surface area contributed by atoms with Crippen LogP contribution >= 0.6 is 12.2 Å². The molecule has 0 unspecified atom stereocenters. The molecule has 0 saturated carbocycles. The van der Waals surface area contributed by atoms with Crippen LogP contribution in [0.3, 0.4) is 0 Å². The van der Waals surface area contributed by atoms with Crippen molar-refractivity contribution in [1.29, 1.82) is 0 Å². The number of aliphatic hydroxyl groups excluding tert-OH is 1. The highest BCUT2D eigenvalue weighted by atomic mass is 32.2. The van der Waals surface area contributed by atoms with E-state index in [1.54, 1.807) is 17.0 Å². The Kier molecular flexibility index (Phi) is 5.17. The number of anilines is 2. The maximum atomic E-state index is 12.0. The van der Waals surface area contributed by atoms with E-state index in [0.717, 1.165) is 11.3 Å². The first-order valence-electron chi connectivity index (χ1n) is 8.09. The average Bonchev–Trinajstić information content (AvgIpc) is 2.82. The monoisotopic (exact) mass is 392 g/mol. The molecule has 0 amide bonds. The molecule has 0 aromatic heterocycles. The first kappa shape index (κ1) is 18.6. The SMILES string of the molecule is Cc1ccc(NC(=S)N(c2cccc(O)c2)[C@H]2CS(=O)(=O)C[C@H]2O)cc1. The van der Waals surface area contributed by atoms with Crippen LogP contribution in [-0.4, -0.2) is 47.4 Å². The fourth-order valence-electron chi connectivity index (χ4n) is 2.98. The van der Waals surface area contributed by atoms with Crippen molar-refractivity contribution in [1.82, 2.24) is 0 Å². The van der Waals surface area contributed by atoms with Crippen molar-refractivity contribution in [2.24, 2.45) is 0 Å². The predicted octanol–water partition coefficient (Wildman–Crippen LogP) is 2.06. The van der Waals surface area contributed by atoms with E-state index in [9.17, 15) is 18.6 Å². The van der Waals surface area contributed by atoms with Crippen molar-refractivity contribution in [2.75, 3.05) is 21.7 Å². The highest BCUT2D eigenvalue weighted by Gasteiger charge is 2.41. The van der Waals surface area contributed by atoms with Gasteiger partial charge in [0.05, 0.1) is 23.7 Å². The summed E-state index contributed by atoms with van der Waals surface area (Å²) < 4.78 is 23.9. The van der Waals surface area contributed by atoms with Gasteiger partial charge in [0.15, 0.2) is 14.9 Å². The molecule has 1 heterocycles. The normalized spacial score (nSPS) is 21.3. The minimum atomic E-state index is -3.36. The molecule has 0 spiro atoms. The maximum absolute atomic E-state index is 12.0. The molecule has 1 aliphatic rings. The molecule has 0 radical (unpaired) electrons. The van der Waals surface area contributed by atoms with Crippen LogP contribution in [0, 0.1) is 6.92 Å². The summed E-state index contributed by atoms with van der Waals surface area (Å²) >= 11 is 5.51. The fourth-order valence-corrected chi connectivity index (χ4v) is 5.11. The number of thiocarbonyl (C=S) groups is 1. The second-order valence-electron chi connectivity index (χ2n) is 6.40. The number of rotatable bonds is 3. The molecule has 6 nitrogen and oxygen atoms in total. The Bertz CT molecular complexity index is 913. The molecular weight excluding hydrogens is 372 g/mol. The molecule has 1 aliphatic heterocycles. The molecule has 2 aromatic carbocycles. The van der Waals surface area contributed by atoms with E-state index in [-0.39, 0.29) is 22.4 Å². The lowest BCUT2D eigenvalue weighted by molar-refractivity contribution is 0.184. The van der Waals surface area contributed by atoms with Crippen molar-refractivity contribution in [3.63, 3.8) is 0 Å². The second-order valence-corrected chi connectivity index (χ2v) is 8.94. The van der Waals surface area contributed by atoms with Gasteiger partial charge in [-0.2, -0.15) is 0 Å². The highest BCUT2D eigenvalue weighted by Crippen LogP contribution is 2.28. The number of phenolic OH excluding ortho intramolecular Hbond substituents is 1. The van der Waals surface area contributed by atoms with E-state index in [1.807, 2.05) is 31.2 Å². The molecule has 3 N–H and O–H groups in total. The molecule has 138 valence electrons. The quantitative estimate of drug-likeness (QED) is 0.689. The van der Waals surface area contributed by atoms with Crippen molar-refractivity contribution < 1.29 is 18.6 Å². The third-order valence-electron chi connectivity index (χ3n) is 4.25. The van der Waals surface area contributed by atoms with Gasteiger partial charge in [-0.25, -0.2) is 8.42 Å². The molecule has 1 fully saturated rings. The zero-order valence-corrected chi connectivity index (χ0v) is 15.8. The molecule has 2 atom stereocenters. The number of hydrogen-bond acceptors (Lipinski definition) is 5. The summed E-state index contributed by atoms with van der Waals surface area (Å²) in [6, 6.07) is 13.2. The third-order valence-corrected chi connectivity index (χ3v) is 6.25. The number of aryl methyl sites for hydroxylation is 1. The van der Waals surface area contributed by atoms with Gasteiger partial charge in [-0.3, -0.25) is 0 Å². The number of phenols is 1. The van der Waals surface area contributed by atoms with Gasteiger partial charge in [0.25, 0.3) is 0 Å². The lowest BCUT2D eigenvalue weighted by atomic mass is 10.1. The number of aliphatic hydroxyl groups is 1. The Balaban J connectivity index is 1.95. The highest BCUT2D eigenvalue weighted by molar-refractivity contribution is 7.91. The van der Waals surface area contributed by atoms with E-state index >= 15 is 0 Å². The third kappa shape index (κ3) is 4.14. The lowest BCUT2D eigenvalue weighted by Crippen LogP contribution is -2.48. The van der Waals surface area contributed by atoms with Gasteiger partial charge in [-0.05, 0) is 43.4 Å². The van der Waals surface area contributed by atoms with Gasteiger partial charge in [-0.1, -0.05) is 23.8 Å². The Morgan fingerprint density at radius 1 is 1.19 bits per heavy atom. The predicted molar refractivity (Wildman–Crippen MR) is 106 cm³/mol. The minimum absolute atomic E-state index is 0.0287. The largest absolute Gasteiger partial charge is 0.508 e. The van der Waals surface area contributed by atoms with Gasteiger partial charge in [0, 0.05) is 17.4 Å². The lowest BCUT2D eigenvalue weighted by Gasteiger charge is -2.33. The number of nitrogens with zero attached hydrogens (tertiary/aromatic N) is 1. The van der Waals surface area contributed by atoms with E-state index < -0.39 is 22.0 Å². The number of benzene rings is 2. The van der Waals surface area contributed by atoms with Crippen LogP contribution in [-0.2, 0) is 9.84 Å². The van der Waals surface area contributed by atoms with Gasteiger partial charge in [0.2, 0.25) is 0 Å². The molecule has 3 rings (SSSR count).